The number of fused-ring (bicyclic) bond motifs is 1. The fourth-order valence-corrected chi connectivity index (χ4v) is 3.30. The van der Waals surface area contributed by atoms with Crippen molar-refractivity contribution < 1.29 is 9.53 Å². The van der Waals surface area contributed by atoms with Gasteiger partial charge >= 0.3 is 5.97 Å². The lowest BCUT2D eigenvalue weighted by atomic mass is 10.2. The first-order valence-corrected chi connectivity index (χ1v) is 9.19. The predicted octanol–water partition coefficient (Wildman–Crippen LogP) is 2.10. The molecule has 3 rings (SSSR count). The number of aromatic nitrogens is 5. The molecule has 2 heterocycles. The van der Waals surface area contributed by atoms with Crippen molar-refractivity contribution in [2.45, 2.75) is 24.3 Å². The van der Waals surface area contributed by atoms with Crippen LogP contribution in [0.1, 0.15) is 18.6 Å². The number of nitrogens with one attached hydrogen (secondary N) is 1. The van der Waals surface area contributed by atoms with E-state index in [2.05, 4.69) is 20.2 Å². The van der Waals surface area contributed by atoms with Gasteiger partial charge in [-0.25, -0.2) is 4.98 Å². The lowest BCUT2D eigenvalue weighted by molar-refractivity contribution is -0.142. The van der Waals surface area contributed by atoms with Crippen LogP contribution in [0.25, 0.3) is 10.9 Å². The van der Waals surface area contributed by atoms with Crippen LogP contribution in [0.4, 0.5) is 0 Å². The lowest BCUT2D eigenvalue weighted by Crippen LogP contribution is -2.12. The summed E-state index contributed by atoms with van der Waals surface area (Å²) in [6.07, 6.45) is 0.0592. The molecule has 3 aromatic rings. The third-order valence-electron chi connectivity index (χ3n) is 3.59. The fraction of sp³-hybridized carbons (Fsp3) is 0.312. The first-order chi connectivity index (χ1) is 12.5. The highest BCUT2D eigenvalue weighted by Gasteiger charge is 2.14. The highest BCUT2D eigenvalue weighted by Crippen LogP contribution is 2.21. The number of esters is 1. The van der Waals surface area contributed by atoms with Gasteiger partial charge in [0, 0.05) is 12.1 Å². The minimum Gasteiger partial charge on any atom is -0.466 e. The molecule has 0 aliphatic heterocycles. The van der Waals surface area contributed by atoms with E-state index in [1.807, 2.05) is 0 Å². The van der Waals surface area contributed by atoms with Gasteiger partial charge in [0.25, 0.3) is 5.56 Å². The second kappa shape index (κ2) is 7.88. The van der Waals surface area contributed by atoms with Crippen molar-refractivity contribution >= 4 is 40.2 Å². The quantitative estimate of drug-likeness (QED) is 0.505. The zero-order chi connectivity index (χ0) is 18.7. The second-order valence-corrected chi connectivity index (χ2v) is 6.78. The van der Waals surface area contributed by atoms with E-state index in [1.54, 1.807) is 36.7 Å². The molecule has 10 heteroatoms. The lowest BCUT2D eigenvalue weighted by Gasteiger charge is -2.05. The van der Waals surface area contributed by atoms with Crippen LogP contribution in [-0.2, 0) is 28.8 Å². The minimum absolute atomic E-state index is 0.0592. The molecule has 0 saturated carbocycles. The summed E-state index contributed by atoms with van der Waals surface area (Å²) in [6.45, 7) is 2.08. The van der Waals surface area contributed by atoms with Gasteiger partial charge < -0.3 is 14.3 Å². The Labute approximate surface area is 157 Å². The molecule has 8 nitrogen and oxygen atoms in total. The van der Waals surface area contributed by atoms with Gasteiger partial charge in [0.1, 0.15) is 18.1 Å². The summed E-state index contributed by atoms with van der Waals surface area (Å²) in [4.78, 5) is 30.9. The molecule has 0 spiro atoms. The maximum atomic E-state index is 12.2. The van der Waals surface area contributed by atoms with Gasteiger partial charge in [-0.3, -0.25) is 9.59 Å². The number of aromatic amines is 1. The highest BCUT2D eigenvalue weighted by atomic mass is 35.5. The van der Waals surface area contributed by atoms with E-state index in [4.69, 9.17) is 16.3 Å². The van der Waals surface area contributed by atoms with Gasteiger partial charge in [0.2, 0.25) is 0 Å². The first-order valence-electron chi connectivity index (χ1n) is 7.83. The Hall–Kier alpha value is -2.39. The Bertz CT molecular complexity index is 1020. The van der Waals surface area contributed by atoms with Crippen LogP contribution in [0, 0.1) is 0 Å². The summed E-state index contributed by atoms with van der Waals surface area (Å²) in [5.74, 6) is 1.09. The fourth-order valence-electron chi connectivity index (χ4n) is 2.33. The van der Waals surface area contributed by atoms with Crippen LogP contribution in [0.3, 0.4) is 0 Å². The predicted molar refractivity (Wildman–Crippen MR) is 98.3 cm³/mol. The van der Waals surface area contributed by atoms with Crippen LogP contribution >= 0.6 is 23.4 Å². The summed E-state index contributed by atoms with van der Waals surface area (Å²) >= 11 is 7.27. The third-order valence-corrected chi connectivity index (χ3v) is 4.85. The number of carbonyl (C=O) groups excluding carboxylic acids is 1. The van der Waals surface area contributed by atoms with Crippen molar-refractivity contribution in [1.82, 2.24) is 24.7 Å². The molecule has 0 fully saturated rings. The average Bonchev–Trinajstić information content (AvgIpc) is 2.94. The number of benzene rings is 1. The van der Waals surface area contributed by atoms with Gasteiger partial charge in [-0.1, -0.05) is 23.4 Å². The van der Waals surface area contributed by atoms with Crippen LogP contribution in [0.5, 0.6) is 0 Å². The van der Waals surface area contributed by atoms with Gasteiger partial charge in [-0.15, -0.1) is 10.2 Å². The number of carbonyl (C=O) groups is 1. The van der Waals surface area contributed by atoms with Crippen molar-refractivity contribution in [3.63, 3.8) is 0 Å². The van der Waals surface area contributed by atoms with E-state index in [0.29, 0.717) is 45.1 Å². The topological polar surface area (TPSA) is 103 Å². The van der Waals surface area contributed by atoms with Gasteiger partial charge in [0.15, 0.2) is 5.16 Å². The molecule has 136 valence electrons. The number of ether oxygens (including phenoxy) is 1. The first kappa shape index (κ1) is 18.4. The van der Waals surface area contributed by atoms with Crippen molar-refractivity contribution in [3.05, 3.63) is 45.2 Å². The largest absolute Gasteiger partial charge is 0.466 e. The van der Waals surface area contributed by atoms with Crippen LogP contribution in [0.15, 0.2) is 28.2 Å². The molecule has 0 aliphatic rings. The molecule has 0 bridgehead atoms. The molecule has 0 amide bonds. The zero-order valence-electron chi connectivity index (χ0n) is 14.2. The Morgan fingerprint density at radius 1 is 1.38 bits per heavy atom. The van der Waals surface area contributed by atoms with E-state index in [-0.39, 0.29) is 17.9 Å². The van der Waals surface area contributed by atoms with Crippen LogP contribution in [-0.4, -0.2) is 37.3 Å². The van der Waals surface area contributed by atoms with Gasteiger partial charge in [-0.2, -0.15) is 0 Å². The second-order valence-electron chi connectivity index (χ2n) is 5.40. The number of hydrogen-bond acceptors (Lipinski definition) is 7. The maximum Gasteiger partial charge on any atom is 0.313 e. The molecule has 26 heavy (non-hydrogen) atoms. The average molecular weight is 394 g/mol. The van der Waals surface area contributed by atoms with Crippen molar-refractivity contribution in [1.29, 1.82) is 0 Å². The molecule has 0 atom stereocenters. The Morgan fingerprint density at radius 2 is 2.19 bits per heavy atom. The van der Waals surface area contributed by atoms with E-state index >= 15 is 0 Å². The number of thioether (sulfide) groups is 1. The van der Waals surface area contributed by atoms with Crippen molar-refractivity contribution in [2.24, 2.45) is 7.05 Å². The summed E-state index contributed by atoms with van der Waals surface area (Å²) in [6, 6.07) is 4.99. The standard InChI is InChI=1S/C16H16ClN5O3S/c1-3-25-14(23)7-13-20-21-16(22(13)2)26-8-12-18-11-5-4-9(17)6-10(11)15(24)19-12/h4-6H,3,7-8H2,1-2H3,(H,18,19,24). The summed E-state index contributed by atoms with van der Waals surface area (Å²) < 4.78 is 6.64. The van der Waals surface area contributed by atoms with Crippen molar-refractivity contribution in [3.8, 4) is 0 Å². The third kappa shape index (κ3) is 4.05. The number of rotatable bonds is 6. The maximum absolute atomic E-state index is 12.2. The summed E-state index contributed by atoms with van der Waals surface area (Å²) in [7, 11) is 1.77. The SMILES string of the molecule is CCOC(=O)Cc1nnc(SCc2nc3ccc(Cl)cc3c(=O)[nH]2)n1C. The summed E-state index contributed by atoms with van der Waals surface area (Å²) in [5, 5.41) is 9.63. The van der Waals surface area contributed by atoms with Crippen LogP contribution in [0.2, 0.25) is 5.02 Å². The molecule has 1 N–H and O–H groups in total. The molecule has 0 radical (unpaired) electrons. The molecular formula is C16H16ClN5O3S. The normalized spacial score (nSPS) is 11.0. The van der Waals surface area contributed by atoms with E-state index in [1.165, 1.54) is 11.8 Å². The van der Waals surface area contributed by atoms with E-state index in [0.717, 1.165) is 0 Å². The smallest absolute Gasteiger partial charge is 0.313 e. The monoisotopic (exact) mass is 393 g/mol. The van der Waals surface area contributed by atoms with Gasteiger partial charge in [0.05, 0.1) is 23.3 Å². The Morgan fingerprint density at radius 3 is 2.96 bits per heavy atom. The summed E-state index contributed by atoms with van der Waals surface area (Å²) in [5.41, 5.74) is 0.337. The molecule has 0 saturated heterocycles. The Kier molecular flexibility index (Phi) is 5.58. The molecule has 2 aromatic heterocycles. The number of halogens is 1. The number of nitrogens with zero attached hydrogens (tertiary/aromatic N) is 4. The minimum atomic E-state index is -0.348. The molecule has 0 unspecified atom stereocenters. The molecule has 1 aromatic carbocycles. The van der Waals surface area contributed by atoms with Crippen molar-refractivity contribution in [2.75, 3.05) is 6.61 Å². The van der Waals surface area contributed by atoms with Gasteiger partial charge in [-0.05, 0) is 25.1 Å². The van der Waals surface area contributed by atoms with Crippen LogP contribution < -0.4 is 5.56 Å². The number of H-pyrrole nitrogens is 1. The Balaban J connectivity index is 1.74. The highest BCUT2D eigenvalue weighted by molar-refractivity contribution is 7.98. The molecule has 0 aliphatic carbocycles. The van der Waals surface area contributed by atoms with E-state index < -0.39 is 0 Å². The van der Waals surface area contributed by atoms with E-state index in [9.17, 15) is 9.59 Å². The molecular weight excluding hydrogens is 378 g/mol. The number of hydrogen-bond donors (Lipinski definition) is 1. The zero-order valence-corrected chi connectivity index (χ0v) is 15.7.